The van der Waals surface area contributed by atoms with E-state index >= 15 is 0 Å². The van der Waals surface area contributed by atoms with Gasteiger partial charge in [0.15, 0.2) is 9.84 Å². The summed E-state index contributed by atoms with van der Waals surface area (Å²) in [5.41, 5.74) is -0.670. The molecule has 0 amide bonds. The first-order chi connectivity index (χ1) is 16.3. The summed E-state index contributed by atoms with van der Waals surface area (Å²) in [7, 11) is -3.63. The van der Waals surface area contributed by atoms with E-state index in [4.69, 9.17) is 11.6 Å². The van der Waals surface area contributed by atoms with Crippen molar-refractivity contribution in [2.45, 2.75) is 29.5 Å². The van der Waals surface area contributed by atoms with Crippen molar-refractivity contribution < 1.29 is 30.4 Å². The Morgan fingerprint density at radius 1 is 0.943 bits per heavy atom. The lowest BCUT2D eigenvalue weighted by atomic mass is 10.0. The molecule has 0 saturated carbocycles. The lowest BCUT2D eigenvalue weighted by molar-refractivity contribution is -0.249. The summed E-state index contributed by atoms with van der Waals surface area (Å²) in [6, 6.07) is 15.4. The van der Waals surface area contributed by atoms with Crippen molar-refractivity contribution in [2.75, 3.05) is 11.3 Å². The van der Waals surface area contributed by atoms with Crippen LogP contribution in [-0.4, -0.2) is 37.5 Å². The average molecular weight is 530 g/mol. The quantitative estimate of drug-likeness (QED) is 0.363. The van der Waals surface area contributed by atoms with Gasteiger partial charge in [-0.1, -0.05) is 48.0 Å². The minimum Gasteiger partial charge on any atom is -0.254 e. The molecular weight excluding hydrogens is 513 g/mol. The van der Waals surface area contributed by atoms with E-state index in [2.05, 4.69) is 10.1 Å². The number of hydrogen-bond donors (Lipinski definition) is 0. The Morgan fingerprint density at radius 2 is 1.60 bits per heavy atom. The van der Waals surface area contributed by atoms with Crippen molar-refractivity contribution in [3.63, 3.8) is 0 Å². The smallest absolute Gasteiger partial charge is 0.254 e. The van der Waals surface area contributed by atoms with Crippen LogP contribution in [0.1, 0.15) is 18.2 Å². The zero-order chi connectivity index (χ0) is 25.6. The molecule has 12 heteroatoms. The minimum absolute atomic E-state index is 0.000393. The lowest BCUT2D eigenvalue weighted by Crippen LogP contribution is -2.43. The van der Waals surface area contributed by atoms with Crippen LogP contribution >= 0.6 is 11.6 Å². The molecule has 1 aliphatic rings. The molecule has 5 nitrogen and oxygen atoms in total. The predicted molar refractivity (Wildman–Crippen MR) is 123 cm³/mol. The van der Waals surface area contributed by atoms with Crippen molar-refractivity contribution in [3.8, 4) is 11.3 Å². The van der Waals surface area contributed by atoms with Gasteiger partial charge in [0.1, 0.15) is 11.8 Å². The van der Waals surface area contributed by atoms with E-state index in [1.807, 2.05) is 0 Å². The Hall–Kier alpha value is -3.05. The van der Waals surface area contributed by atoms with Crippen LogP contribution in [0.4, 0.5) is 27.6 Å². The molecule has 184 valence electrons. The number of nitrogens with zero attached hydrogens (tertiary/aromatic N) is 3. The molecule has 3 aromatic rings. The Morgan fingerprint density at radius 3 is 2.26 bits per heavy atom. The second kappa shape index (κ2) is 8.87. The first-order valence-corrected chi connectivity index (χ1v) is 12.4. The molecule has 0 radical (unpaired) electrons. The monoisotopic (exact) mass is 529 g/mol. The van der Waals surface area contributed by atoms with Gasteiger partial charge in [-0.05, 0) is 30.3 Å². The minimum atomic E-state index is -5.84. The van der Waals surface area contributed by atoms with Crippen molar-refractivity contribution in [2.24, 2.45) is 5.10 Å². The summed E-state index contributed by atoms with van der Waals surface area (Å²) >= 11 is 6.20. The van der Waals surface area contributed by atoms with Gasteiger partial charge in [0.25, 0.3) is 0 Å². The number of pyridine rings is 1. The first kappa shape index (κ1) is 25.1. The third kappa shape index (κ3) is 4.74. The van der Waals surface area contributed by atoms with Crippen LogP contribution in [0.3, 0.4) is 0 Å². The van der Waals surface area contributed by atoms with Crippen LogP contribution in [-0.2, 0) is 9.84 Å². The van der Waals surface area contributed by atoms with Crippen molar-refractivity contribution in [3.05, 3.63) is 77.4 Å². The van der Waals surface area contributed by atoms with E-state index in [0.717, 1.165) is 11.3 Å². The van der Waals surface area contributed by atoms with Gasteiger partial charge in [-0.15, -0.1) is 0 Å². The Labute approximate surface area is 202 Å². The molecule has 4 rings (SSSR count). The standard InChI is InChI=1S/C23H17ClF5N3O2S/c1-35(33,34)20-12-5-2-7-14(20)16-9-6-10-17(30-16)19-13-21(22(25,26)23(27,28)29)31-32(19)18-11-4-3-8-15(18)24/h2-12,19H,13H2,1H3. The second-order valence-corrected chi connectivity index (χ2v) is 10.2. The van der Waals surface area contributed by atoms with Crippen molar-refractivity contribution in [1.29, 1.82) is 0 Å². The van der Waals surface area contributed by atoms with Gasteiger partial charge in [0.2, 0.25) is 0 Å². The lowest BCUT2D eigenvalue weighted by Gasteiger charge is -2.24. The summed E-state index contributed by atoms with van der Waals surface area (Å²) < 4.78 is 92.3. The number of rotatable bonds is 5. The second-order valence-electron chi connectivity index (χ2n) is 7.85. The number of hydrogen-bond acceptors (Lipinski definition) is 5. The molecule has 1 atom stereocenters. The highest BCUT2D eigenvalue weighted by molar-refractivity contribution is 7.90. The Bertz CT molecular complexity index is 1410. The van der Waals surface area contributed by atoms with Gasteiger partial charge in [-0.25, -0.2) is 8.42 Å². The van der Waals surface area contributed by atoms with E-state index in [1.54, 1.807) is 24.3 Å². The number of halogens is 6. The summed E-state index contributed by atoms with van der Waals surface area (Å²) in [4.78, 5) is 4.43. The zero-order valence-corrected chi connectivity index (χ0v) is 19.5. The highest BCUT2D eigenvalue weighted by Crippen LogP contribution is 2.45. The predicted octanol–water partition coefficient (Wildman–Crippen LogP) is 6.31. The van der Waals surface area contributed by atoms with E-state index in [-0.39, 0.29) is 32.6 Å². The molecule has 0 fully saturated rings. The maximum Gasteiger partial charge on any atom is 0.459 e. The molecule has 1 aromatic heterocycles. The number of para-hydroxylation sites is 1. The fourth-order valence-electron chi connectivity index (χ4n) is 3.74. The van der Waals surface area contributed by atoms with E-state index in [0.29, 0.717) is 0 Å². The SMILES string of the molecule is CS(=O)(=O)c1ccccc1-c1cccc(C2CC(C(F)(F)C(F)(F)F)=NN2c2ccccc2Cl)n1. The molecule has 2 aromatic carbocycles. The maximum atomic E-state index is 14.2. The van der Waals surface area contributed by atoms with Gasteiger partial charge in [-0.3, -0.25) is 9.99 Å². The number of benzene rings is 2. The number of hydrazone groups is 1. The molecule has 0 bridgehead atoms. The topological polar surface area (TPSA) is 62.6 Å². The first-order valence-electron chi connectivity index (χ1n) is 10.1. The van der Waals surface area contributed by atoms with Crippen LogP contribution in [0.25, 0.3) is 11.3 Å². The molecule has 2 heterocycles. The van der Waals surface area contributed by atoms with Gasteiger partial charge in [0, 0.05) is 18.2 Å². The van der Waals surface area contributed by atoms with E-state index in [9.17, 15) is 30.4 Å². The van der Waals surface area contributed by atoms with E-state index < -0.39 is 40.1 Å². The summed E-state index contributed by atoms with van der Waals surface area (Å²) in [5.74, 6) is -5.16. The molecule has 0 aliphatic carbocycles. The molecule has 1 aliphatic heterocycles. The normalized spacial score (nSPS) is 16.9. The average Bonchev–Trinajstić information content (AvgIpc) is 3.24. The third-order valence-corrected chi connectivity index (χ3v) is 6.88. The highest BCUT2D eigenvalue weighted by atomic mass is 35.5. The van der Waals surface area contributed by atoms with Crippen molar-refractivity contribution in [1.82, 2.24) is 4.98 Å². The number of alkyl halides is 5. The Balaban J connectivity index is 1.83. The summed E-state index contributed by atoms with van der Waals surface area (Å²) in [5, 5.41) is 4.72. The zero-order valence-electron chi connectivity index (χ0n) is 18.0. The van der Waals surface area contributed by atoms with Crippen LogP contribution in [0.15, 0.2) is 76.7 Å². The van der Waals surface area contributed by atoms with Crippen LogP contribution in [0, 0.1) is 0 Å². The largest absolute Gasteiger partial charge is 0.459 e. The molecule has 0 spiro atoms. The molecule has 1 unspecified atom stereocenters. The molecule has 35 heavy (non-hydrogen) atoms. The van der Waals surface area contributed by atoms with Gasteiger partial charge >= 0.3 is 12.1 Å². The molecular formula is C23H17ClF5N3O2S. The third-order valence-electron chi connectivity index (χ3n) is 5.40. The Kier molecular flexibility index (Phi) is 6.35. The fourth-order valence-corrected chi connectivity index (χ4v) is 4.86. The van der Waals surface area contributed by atoms with Gasteiger partial charge in [0.05, 0.1) is 27.0 Å². The van der Waals surface area contributed by atoms with Crippen LogP contribution in [0.5, 0.6) is 0 Å². The van der Waals surface area contributed by atoms with Gasteiger partial charge in [-0.2, -0.15) is 27.1 Å². The summed E-state index contributed by atoms with van der Waals surface area (Å²) in [6.45, 7) is 0. The van der Waals surface area contributed by atoms with Gasteiger partial charge < -0.3 is 0 Å². The fraction of sp³-hybridized carbons (Fsp3) is 0.217. The number of anilines is 1. The molecule has 0 N–H and O–H groups in total. The van der Waals surface area contributed by atoms with E-state index in [1.165, 1.54) is 42.5 Å². The number of sulfone groups is 1. The summed E-state index contributed by atoms with van der Waals surface area (Å²) in [6.07, 6.45) is -5.58. The van der Waals surface area contributed by atoms with Crippen molar-refractivity contribution >= 4 is 32.8 Å². The maximum absolute atomic E-state index is 14.2. The number of aromatic nitrogens is 1. The van der Waals surface area contributed by atoms with Crippen LogP contribution < -0.4 is 5.01 Å². The molecule has 0 saturated heterocycles. The van der Waals surface area contributed by atoms with Crippen LogP contribution in [0.2, 0.25) is 5.02 Å². The highest BCUT2D eigenvalue weighted by Gasteiger charge is 2.63.